The van der Waals surface area contributed by atoms with Gasteiger partial charge < -0.3 is 9.52 Å². The molecular weight excluding hydrogens is 192 g/mol. The minimum atomic E-state index is -1.15. The van der Waals surface area contributed by atoms with E-state index in [2.05, 4.69) is 0 Å². The highest BCUT2D eigenvalue weighted by atomic mass is 35.5. The zero-order chi connectivity index (χ0) is 9.42. The minimum absolute atomic E-state index is 0.156. The van der Waals surface area contributed by atoms with Crippen molar-refractivity contribution in [3.05, 3.63) is 35.0 Å². The summed E-state index contributed by atoms with van der Waals surface area (Å²) in [5.74, 6) is -1.36. The van der Waals surface area contributed by atoms with Gasteiger partial charge in [0.2, 0.25) is 5.76 Å². The number of carboxylic acids is 1. The quantitative estimate of drug-likeness (QED) is 0.763. The highest BCUT2D eigenvalue weighted by Crippen LogP contribution is 2.29. The first-order chi connectivity index (χ1) is 6.20. The Kier molecular flexibility index (Phi) is 1.74. The van der Waals surface area contributed by atoms with E-state index < -0.39 is 5.97 Å². The summed E-state index contributed by atoms with van der Waals surface area (Å²) in [6.45, 7) is 0. The van der Waals surface area contributed by atoms with Crippen LogP contribution in [0.1, 0.15) is 10.6 Å². The fourth-order valence-corrected chi connectivity index (χ4v) is 1.43. The molecule has 0 aliphatic heterocycles. The van der Waals surface area contributed by atoms with Crippen LogP contribution in [-0.2, 0) is 0 Å². The summed E-state index contributed by atoms with van der Waals surface area (Å²) in [6.07, 6.45) is 0. The van der Waals surface area contributed by atoms with Gasteiger partial charge in [0.25, 0.3) is 0 Å². The van der Waals surface area contributed by atoms with Crippen molar-refractivity contribution >= 4 is 28.5 Å². The molecule has 1 heterocycles. The molecule has 0 unspecified atom stereocenters. The Morgan fingerprint density at radius 3 is 2.69 bits per heavy atom. The molecule has 0 spiro atoms. The third-order valence-electron chi connectivity index (χ3n) is 1.73. The highest BCUT2D eigenvalue weighted by Gasteiger charge is 2.17. The number of rotatable bonds is 1. The van der Waals surface area contributed by atoms with Crippen LogP contribution >= 0.6 is 11.6 Å². The topological polar surface area (TPSA) is 50.4 Å². The molecule has 2 rings (SSSR count). The van der Waals surface area contributed by atoms with Crippen molar-refractivity contribution < 1.29 is 14.3 Å². The molecule has 3 nitrogen and oxygen atoms in total. The molecule has 1 N–H and O–H groups in total. The van der Waals surface area contributed by atoms with E-state index in [1.165, 1.54) is 0 Å². The summed E-state index contributed by atoms with van der Waals surface area (Å²) >= 11 is 5.78. The number of hydrogen-bond donors (Lipinski definition) is 1. The second-order valence-electron chi connectivity index (χ2n) is 2.55. The lowest BCUT2D eigenvalue weighted by Crippen LogP contribution is -1.93. The van der Waals surface area contributed by atoms with Gasteiger partial charge >= 0.3 is 5.97 Å². The van der Waals surface area contributed by atoms with Gasteiger partial charge in [-0.3, -0.25) is 0 Å². The Balaban J connectivity index is 2.81. The van der Waals surface area contributed by atoms with Crippen LogP contribution in [0.15, 0.2) is 28.7 Å². The largest absolute Gasteiger partial charge is 0.475 e. The van der Waals surface area contributed by atoms with Gasteiger partial charge in [-0.05, 0) is 12.1 Å². The molecule has 66 valence electrons. The van der Waals surface area contributed by atoms with Crippen molar-refractivity contribution in [3.63, 3.8) is 0 Å². The molecule has 0 bridgehead atoms. The van der Waals surface area contributed by atoms with Crippen molar-refractivity contribution in [1.29, 1.82) is 0 Å². The number of benzene rings is 1. The van der Waals surface area contributed by atoms with Crippen LogP contribution in [0.5, 0.6) is 0 Å². The van der Waals surface area contributed by atoms with Crippen LogP contribution in [0.2, 0.25) is 5.02 Å². The zero-order valence-corrected chi connectivity index (χ0v) is 7.21. The molecular formula is C9H5ClO3. The van der Waals surface area contributed by atoms with Gasteiger partial charge in [-0.15, -0.1) is 0 Å². The van der Waals surface area contributed by atoms with Gasteiger partial charge in [0.05, 0.1) is 0 Å². The predicted octanol–water partition coefficient (Wildman–Crippen LogP) is 2.78. The normalized spacial score (nSPS) is 10.5. The number of fused-ring (bicyclic) bond motifs is 1. The van der Waals surface area contributed by atoms with E-state index in [-0.39, 0.29) is 10.8 Å². The number of aromatic carboxylic acids is 1. The Morgan fingerprint density at radius 1 is 1.38 bits per heavy atom. The Hall–Kier alpha value is -1.48. The van der Waals surface area contributed by atoms with E-state index in [0.717, 1.165) is 0 Å². The monoisotopic (exact) mass is 196 g/mol. The summed E-state index contributed by atoms with van der Waals surface area (Å²) in [6, 6.07) is 6.92. The maximum Gasteiger partial charge on any atom is 0.373 e. The fraction of sp³-hybridized carbons (Fsp3) is 0. The average molecular weight is 197 g/mol. The van der Waals surface area contributed by atoms with Crippen molar-refractivity contribution in [2.24, 2.45) is 0 Å². The van der Waals surface area contributed by atoms with E-state index in [9.17, 15) is 4.79 Å². The maximum atomic E-state index is 10.6. The maximum absolute atomic E-state index is 10.6. The Morgan fingerprint density at radius 2 is 2.08 bits per heavy atom. The fourth-order valence-electron chi connectivity index (χ4n) is 1.15. The molecule has 0 radical (unpaired) electrons. The summed E-state index contributed by atoms with van der Waals surface area (Å²) < 4.78 is 5.03. The Bertz CT molecular complexity index is 473. The molecule has 1 aromatic carbocycles. The first kappa shape index (κ1) is 8.13. The summed E-state index contributed by atoms with van der Waals surface area (Å²) in [7, 11) is 0. The number of carboxylic acid groups (broad SMARTS) is 1. The lowest BCUT2D eigenvalue weighted by molar-refractivity contribution is 0.0665. The molecule has 13 heavy (non-hydrogen) atoms. The lowest BCUT2D eigenvalue weighted by Gasteiger charge is -1.84. The molecule has 0 aliphatic carbocycles. The zero-order valence-electron chi connectivity index (χ0n) is 6.45. The molecule has 0 atom stereocenters. The van der Waals surface area contributed by atoms with Gasteiger partial charge in [0.15, 0.2) is 0 Å². The molecule has 2 aromatic rings. The number of carbonyl (C=O) groups is 1. The standard InChI is InChI=1S/C9H5ClO3/c10-7-5-3-1-2-4-6(5)13-8(7)9(11)12/h1-4H,(H,11,12). The van der Waals surface area contributed by atoms with Gasteiger partial charge in [-0.25, -0.2) is 4.79 Å². The smallest absolute Gasteiger partial charge is 0.373 e. The molecule has 1 aromatic heterocycles. The predicted molar refractivity (Wildman–Crippen MR) is 48.2 cm³/mol. The van der Waals surface area contributed by atoms with Gasteiger partial charge in [0.1, 0.15) is 10.6 Å². The van der Waals surface area contributed by atoms with Crippen LogP contribution in [-0.4, -0.2) is 11.1 Å². The van der Waals surface area contributed by atoms with Crippen LogP contribution in [0.3, 0.4) is 0 Å². The second kappa shape index (κ2) is 2.78. The van der Waals surface area contributed by atoms with Crippen molar-refractivity contribution in [3.8, 4) is 0 Å². The number of halogens is 1. The number of hydrogen-bond acceptors (Lipinski definition) is 2. The van der Waals surface area contributed by atoms with E-state index in [4.69, 9.17) is 21.1 Å². The van der Waals surface area contributed by atoms with Crippen LogP contribution in [0, 0.1) is 0 Å². The van der Waals surface area contributed by atoms with Gasteiger partial charge in [-0.1, -0.05) is 23.7 Å². The summed E-state index contributed by atoms with van der Waals surface area (Å²) in [5, 5.41) is 9.47. The average Bonchev–Trinajstić information content (AvgIpc) is 2.45. The Labute approximate surface area is 78.5 Å². The molecule has 0 aliphatic rings. The van der Waals surface area contributed by atoms with Crippen LogP contribution in [0.25, 0.3) is 11.0 Å². The highest BCUT2D eigenvalue weighted by molar-refractivity contribution is 6.38. The number of para-hydroxylation sites is 1. The van der Waals surface area contributed by atoms with Gasteiger partial charge in [0, 0.05) is 5.39 Å². The van der Waals surface area contributed by atoms with Crippen molar-refractivity contribution in [2.75, 3.05) is 0 Å². The third kappa shape index (κ3) is 1.17. The SMILES string of the molecule is O=C(O)c1oc2ccccc2c1Cl. The van der Waals surface area contributed by atoms with Crippen LogP contribution in [0.4, 0.5) is 0 Å². The first-order valence-electron chi connectivity index (χ1n) is 3.60. The van der Waals surface area contributed by atoms with Crippen molar-refractivity contribution in [1.82, 2.24) is 0 Å². The molecule has 0 amide bonds. The first-order valence-corrected chi connectivity index (χ1v) is 3.98. The molecule has 4 heteroatoms. The molecule has 0 fully saturated rings. The molecule has 0 saturated carbocycles. The minimum Gasteiger partial charge on any atom is -0.475 e. The second-order valence-corrected chi connectivity index (χ2v) is 2.92. The van der Waals surface area contributed by atoms with E-state index >= 15 is 0 Å². The summed E-state index contributed by atoms with van der Waals surface area (Å²) in [4.78, 5) is 10.6. The van der Waals surface area contributed by atoms with Gasteiger partial charge in [-0.2, -0.15) is 0 Å². The van der Waals surface area contributed by atoms with Crippen molar-refractivity contribution in [2.45, 2.75) is 0 Å². The van der Waals surface area contributed by atoms with Crippen LogP contribution < -0.4 is 0 Å². The van der Waals surface area contributed by atoms with E-state index in [1.807, 2.05) is 0 Å². The molecule has 0 saturated heterocycles. The van der Waals surface area contributed by atoms with E-state index in [0.29, 0.717) is 11.0 Å². The number of furan rings is 1. The lowest BCUT2D eigenvalue weighted by atomic mass is 10.2. The van der Waals surface area contributed by atoms with E-state index in [1.54, 1.807) is 24.3 Å². The summed E-state index contributed by atoms with van der Waals surface area (Å²) in [5.41, 5.74) is 0.491. The third-order valence-corrected chi connectivity index (χ3v) is 2.10.